The smallest absolute Gasteiger partial charge is 0.182 e. The molecular weight excluding hydrogens is 256 g/mol. The summed E-state index contributed by atoms with van der Waals surface area (Å²) < 4.78 is 8.03. The maximum absolute atomic E-state index is 5.44. The number of aromatic nitrogens is 2. The second kappa shape index (κ2) is 4.55. The first-order chi connectivity index (χ1) is 9.20. The lowest BCUT2D eigenvalue weighted by Crippen LogP contribution is -1.96. The topological polar surface area (TPSA) is 29.9 Å². The molecule has 0 fully saturated rings. The number of rotatable bonds is 2. The Kier molecular flexibility index (Phi) is 2.87. The van der Waals surface area contributed by atoms with Gasteiger partial charge in [-0.2, -0.15) is 0 Å². The minimum atomic E-state index is 0.692. The molecule has 0 radical (unpaired) electrons. The lowest BCUT2D eigenvalue weighted by molar-refractivity contribution is 0.415. The molecule has 0 aliphatic carbocycles. The van der Waals surface area contributed by atoms with Gasteiger partial charge in [-0.3, -0.25) is 4.57 Å². The number of hydrogen-bond acceptors (Lipinski definition) is 2. The van der Waals surface area contributed by atoms with Crippen LogP contribution in [0.15, 0.2) is 42.5 Å². The molecule has 0 amide bonds. The summed E-state index contributed by atoms with van der Waals surface area (Å²) in [6.07, 6.45) is 0. The largest absolute Gasteiger partial charge is 0.497 e. The molecule has 96 valence electrons. The highest BCUT2D eigenvalue weighted by Gasteiger charge is 2.09. The number of para-hydroxylation sites is 1. The Hall–Kier alpha value is -2.07. The van der Waals surface area contributed by atoms with Gasteiger partial charge in [-0.05, 0) is 42.9 Å². The van der Waals surface area contributed by atoms with E-state index in [0.29, 0.717) is 4.77 Å². The first-order valence-corrected chi connectivity index (χ1v) is 6.46. The number of benzene rings is 2. The van der Waals surface area contributed by atoms with Crippen LogP contribution in [0.3, 0.4) is 0 Å². The van der Waals surface area contributed by atoms with Gasteiger partial charge in [0.1, 0.15) is 5.75 Å². The number of fused-ring (bicyclic) bond motifs is 1. The summed E-state index contributed by atoms with van der Waals surface area (Å²) in [4.78, 5) is 3.23. The van der Waals surface area contributed by atoms with Crippen molar-refractivity contribution < 1.29 is 4.74 Å². The molecule has 0 saturated heterocycles. The van der Waals surface area contributed by atoms with E-state index in [2.05, 4.69) is 24.0 Å². The van der Waals surface area contributed by atoms with Gasteiger partial charge in [-0.15, -0.1) is 0 Å². The summed E-state index contributed by atoms with van der Waals surface area (Å²) in [5.74, 6) is 0.823. The van der Waals surface area contributed by atoms with E-state index < -0.39 is 0 Å². The lowest BCUT2D eigenvalue weighted by Gasteiger charge is -2.08. The van der Waals surface area contributed by atoms with Gasteiger partial charge in [0.25, 0.3) is 0 Å². The Morgan fingerprint density at radius 1 is 1.16 bits per heavy atom. The van der Waals surface area contributed by atoms with E-state index in [1.807, 2.05) is 34.9 Å². The summed E-state index contributed by atoms with van der Waals surface area (Å²) in [6.45, 7) is 2.08. The van der Waals surface area contributed by atoms with Crippen LogP contribution in [-0.4, -0.2) is 16.7 Å². The summed E-state index contributed by atoms with van der Waals surface area (Å²) >= 11 is 5.44. The predicted molar refractivity (Wildman–Crippen MR) is 79.7 cm³/mol. The van der Waals surface area contributed by atoms with Crippen LogP contribution in [-0.2, 0) is 0 Å². The number of imidazole rings is 1. The summed E-state index contributed by atoms with van der Waals surface area (Å²) in [7, 11) is 1.67. The monoisotopic (exact) mass is 270 g/mol. The van der Waals surface area contributed by atoms with Gasteiger partial charge < -0.3 is 9.72 Å². The summed E-state index contributed by atoms with van der Waals surface area (Å²) in [5, 5.41) is 0. The SMILES string of the molecule is COc1ccc2[nH]c(=S)n(-c3ccccc3C)c2c1. The fourth-order valence-corrected chi connectivity index (χ4v) is 2.57. The van der Waals surface area contributed by atoms with Gasteiger partial charge >= 0.3 is 0 Å². The van der Waals surface area contributed by atoms with E-state index in [-0.39, 0.29) is 0 Å². The minimum Gasteiger partial charge on any atom is -0.497 e. The van der Waals surface area contributed by atoms with E-state index in [0.717, 1.165) is 22.5 Å². The van der Waals surface area contributed by atoms with Crippen molar-refractivity contribution in [2.75, 3.05) is 7.11 Å². The third kappa shape index (κ3) is 1.94. The third-order valence-corrected chi connectivity index (χ3v) is 3.53. The van der Waals surface area contributed by atoms with Crippen molar-refractivity contribution >= 4 is 23.3 Å². The zero-order valence-electron chi connectivity index (χ0n) is 10.8. The molecule has 3 nitrogen and oxygen atoms in total. The molecule has 0 aliphatic rings. The number of aromatic amines is 1. The number of nitrogens with zero attached hydrogens (tertiary/aromatic N) is 1. The predicted octanol–water partition coefficient (Wildman–Crippen LogP) is 4.01. The minimum absolute atomic E-state index is 0.692. The maximum atomic E-state index is 5.44. The molecule has 0 unspecified atom stereocenters. The van der Waals surface area contributed by atoms with Crippen LogP contribution >= 0.6 is 12.2 Å². The van der Waals surface area contributed by atoms with Crippen LogP contribution in [0.25, 0.3) is 16.7 Å². The molecule has 1 heterocycles. The highest BCUT2D eigenvalue weighted by molar-refractivity contribution is 7.71. The number of H-pyrrole nitrogens is 1. The molecule has 0 atom stereocenters. The van der Waals surface area contributed by atoms with Crippen LogP contribution in [0.2, 0.25) is 0 Å². The number of nitrogens with one attached hydrogen (secondary N) is 1. The molecule has 0 spiro atoms. The highest BCUT2D eigenvalue weighted by Crippen LogP contribution is 2.25. The Morgan fingerprint density at radius 2 is 1.95 bits per heavy atom. The maximum Gasteiger partial charge on any atom is 0.182 e. The quantitative estimate of drug-likeness (QED) is 0.713. The molecule has 3 aromatic rings. The second-order valence-electron chi connectivity index (χ2n) is 4.44. The standard InChI is InChI=1S/C15H14N2OS/c1-10-5-3-4-6-13(10)17-14-9-11(18-2)7-8-12(14)16-15(17)19/h3-9H,1-2H3,(H,16,19). The molecular formula is C15H14N2OS. The van der Waals surface area contributed by atoms with E-state index >= 15 is 0 Å². The van der Waals surface area contributed by atoms with E-state index in [1.54, 1.807) is 7.11 Å². The molecule has 0 aliphatic heterocycles. The molecule has 4 heteroatoms. The molecule has 0 saturated carbocycles. The van der Waals surface area contributed by atoms with Crippen LogP contribution in [0, 0.1) is 11.7 Å². The zero-order chi connectivity index (χ0) is 13.4. The lowest BCUT2D eigenvalue weighted by atomic mass is 10.2. The zero-order valence-corrected chi connectivity index (χ0v) is 11.6. The number of hydrogen-bond donors (Lipinski definition) is 1. The van der Waals surface area contributed by atoms with Crippen LogP contribution in [0.1, 0.15) is 5.56 Å². The van der Waals surface area contributed by atoms with Crippen LogP contribution in [0.4, 0.5) is 0 Å². The fraction of sp³-hybridized carbons (Fsp3) is 0.133. The molecule has 1 aromatic heterocycles. The average Bonchev–Trinajstić information content (AvgIpc) is 2.74. The summed E-state index contributed by atoms with van der Waals surface area (Å²) in [5.41, 5.74) is 4.31. The van der Waals surface area contributed by atoms with Crippen molar-refractivity contribution in [2.45, 2.75) is 6.92 Å². The molecule has 2 aromatic carbocycles. The Bertz CT molecular complexity index is 801. The van der Waals surface area contributed by atoms with E-state index in [9.17, 15) is 0 Å². The van der Waals surface area contributed by atoms with Crippen molar-refractivity contribution in [1.29, 1.82) is 0 Å². The van der Waals surface area contributed by atoms with E-state index in [4.69, 9.17) is 17.0 Å². The van der Waals surface area contributed by atoms with Gasteiger partial charge in [0.05, 0.1) is 23.8 Å². The van der Waals surface area contributed by atoms with Crippen molar-refractivity contribution in [3.63, 3.8) is 0 Å². The Morgan fingerprint density at radius 3 is 2.68 bits per heavy atom. The first kappa shape index (κ1) is 12.0. The van der Waals surface area contributed by atoms with E-state index in [1.165, 1.54) is 5.56 Å². The molecule has 0 bridgehead atoms. The third-order valence-electron chi connectivity index (χ3n) is 3.25. The normalized spacial score (nSPS) is 10.8. The molecule has 19 heavy (non-hydrogen) atoms. The van der Waals surface area contributed by atoms with Crippen LogP contribution < -0.4 is 4.74 Å². The summed E-state index contributed by atoms with van der Waals surface area (Å²) in [6, 6.07) is 14.1. The van der Waals surface area contributed by atoms with Crippen LogP contribution in [0.5, 0.6) is 5.75 Å². The first-order valence-electron chi connectivity index (χ1n) is 6.05. The van der Waals surface area contributed by atoms with Crippen molar-refractivity contribution in [2.24, 2.45) is 0 Å². The second-order valence-corrected chi connectivity index (χ2v) is 4.82. The van der Waals surface area contributed by atoms with Gasteiger partial charge in [-0.25, -0.2) is 0 Å². The Labute approximate surface area is 116 Å². The van der Waals surface area contributed by atoms with Gasteiger partial charge in [-0.1, -0.05) is 18.2 Å². The van der Waals surface area contributed by atoms with Crippen molar-refractivity contribution in [3.8, 4) is 11.4 Å². The highest BCUT2D eigenvalue weighted by atomic mass is 32.1. The number of aryl methyl sites for hydroxylation is 1. The number of methoxy groups -OCH3 is 1. The fourth-order valence-electron chi connectivity index (χ4n) is 2.26. The van der Waals surface area contributed by atoms with Gasteiger partial charge in [0.15, 0.2) is 4.77 Å². The average molecular weight is 270 g/mol. The molecule has 3 rings (SSSR count). The van der Waals surface area contributed by atoms with Crippen molar-refractivity contribution in [3.05, 3.63) is 52.8 Å². The Balaban J connectivity index is 2.37. The van der Waals surface area contributed by atoms with Gasteiger partial charge in [0, 0.05) is 6.07 Å². The van der Waals surface area contributed by atoms with Crippen molar-refractivity contribution in [1.82, 2.24) is 9.55 Å². The van der Waals surface area contributed by atoms with Gasteiger partial charge in [0.2, 0.25) is 0 Å². The number of ether oxygens (including phenoxy) is 1. The molecule has 1 N–H and O–H groups in total.